The molecule has 0 radical (unpaired) electrons. The van der Waals surface area contributed by atoms with Crippen molar-refractivity contribution in [2.24, 2.45) is 5.92 Å². The van der Waals surface area contributed by atoms with Crippen LogP contribution in [0.2, 0.25) is 0 Å². The molecule has 0 spiro atoms. The number of carbonyl (C=O) groups excluding carboxylic acids is 2. The number of fused-ring (bicyclic) bond motifs is 1. The summed E-state index contributed by atoms with van der Waals surface area (Å²) in [6, 6.07) is 13.9. The van der Waals surface area contributed by atoms with Gasteiger partial charge >= 0.3 is 5.97 Å². The molecule has 0 bridgehead atoms. The van der Waals surface area contributed by atoms with Crippen molar-refractivity contribution in [1.82, 2.24) is 9.47 Å². The van der Waals surface area contributed by atoms with E-state index >= 15 is 0 Å². The topological polar surface area (TPSA) is 51.5 Å². The second kappa shape index (κ2) is 8.17. The lowest BCUT2D eigenvalue weighted by atomic mass is 9.96. The van der Waals surface area contributed by atoms with Gasteiger partial charge in [-0.3, -0.25) is 14.3 Å². The van der Waals surface area contributed by atoms with E-state index in [1.807, 2.05) is 24.3 Å². The molecule has 1 fully saturated rings. The number of esters is 1. The normalized spacial score (nSPS) is 17.4. The van der Waals surface area contributed by atoms with Crippen LogP contribution in [0.25, 0.3) is 10.9 Å². The van der Waals surface area contributed by atoms with Gasteiger partial charge in [0.1, 0.15) is 5.82 Å². The first-order valence-electron chi connectivity index (χ1n) is 9.76. The van der Waals surface area contributed by atoms with Gasteiger partial charge in [-0.1, -0.05) is 30.3 Å². The molecule has 3 aromatic rings. The predicted octanol–water partition coefficient (Wildman–Crippen LogP) is 4.12. The summed E-state index contributed by atoms with van der Waals surface area (Å²) in [6.07, 6.45) is 3.32. The van der Waals surface area contributed by atoms with E-state index in [0.717, 1.165) is 24.9 Å². The minimum atomic E-state index is -0.450. The standard InChI is InChI=1S/C23H23FN2O3/c1-29-23(28)20-15-26(21-7-3-2-6-19(20)21)22(27)17-5-4-12-25(14-17)13-16-8-10-18(24)11-9-16/h2-3,6-11,15,17H,4-5,12-14H2,1H3/t17-/m1/s1. The van der Waals surface area contributed by atoms with E-state index < -0.39 is 5.97 Å². The van der Waals surface area contributed by atoms with Gasteiger partial charge in [-0.25, -0.2) is 9.18 Å². The number of halogens is 1. The molecule has 0 amide bonds. The fraction of sp³-hybridized carbons (Fsp3) is 0.304. The van der Waals surface area contributed by atoms with E-state index in [-0.39, 0.29) is 17.6 Å². The summed E-state index contributed by atoms with van der Waals surface area (Å²) >= 11 is 0. The van der Waals surface area contributed by atoms with Crippen LogP contribution in [0.15, 0.2) is 54.7 Å². The third-order valence-corrected chi connectivity index (χ3v) is 5.53. The molecule has 1 aliphatic rings. The van der Waals surface area contributed by atoms with Crippen molar-refractivity contribution in [2.45, 2.75) is 19.4 Å². The van der Waals surface area contributed by atoms with Crippen LogP contribution in [0.5, 0.6) is 0 Å². The van der Waals surface area contributed by atoms with Gasteiger partial charge in [-0.05, 0) is 43.1 Å². The van der Waals surface area contributed by atoms with Crippen molar-refractivity contribution in [3.05, 3.63) is 71.7 Å². The Morgan fingerprint density at radius 2 is 1.90 bits per heavy atom. The van der Waals surface area contributed by atoms with Crippen LogP contribution in [-0.2, 0) is 11.3 Å². The van der Waals surface area contributed by atoms with E-state index in [2.05, 4.69) is 4.90 Å². The van der Waals surface area contributed by atoms with Crippen molar-refractivity contribution in [2.75, 3.05) is 20.2 Å². The zero-order valence-corrected chi connectivity index (χ0v) is 16.3. The fourth-order valence-electron chi connectivity index (χ4n) is 4.08. The molecule has 1 aromatic heterocycles. The summed E-state index contributed by atoms with van der Waals surface area (Å²) in [7, 11) is 1.34. The minimum absolute atomic E-state index is 0.0137. The van der Waals surface area contributed by atoms with Crippen molar-refractivity contribution >= 4 is 22.8 Å². The van der Waals surface area contributed by atoms with Gasteiger partial charge in [0.25, 0.3) is 0 Å². The minimum Gasteiger partial charge on any atom is -0.465 e. The molecule has 2 heterocycles. The predicted molar refractivity (Wildman–Crippen MR) is 108 cm³/mol. The van der Waals surface area contributed by atoms with E-state index in [0.29, 0.717) is 29.6 Å². The lowest BCUT2D eigenvalue weighted by molar-refractivity contribution is 0.0603. The molecule has 6 heteroatoms. The largest absolute Gasteiger partial charge is 0.465 e. The molecule has 0 N–H and O–H groups in total. The summed E-state index contributed by atoms with van der Waals surface area (Å²) in [5.74, 6) is -0.874. The van der Waals surface area contributed by atoms with Gasteiger partial charge in [0.05, 0.1) is 24.1 Å². The molecular formula is C23H23FN2O3. The molecule has 1 aliphatic heterocycles. The average molecular weight is 394 g/mol. The number of hydrogen-bond donors (Lipinski definition) is 0. The molecular weight excluding hydrogens is 371 g/mol. The second-order valence-corrected chi connectivity index (χ2v) is 7.46. The van der Waals surface area contributed by atoms with Crippen LogP contribution in [0.4, 0.5) is 4.39 Å². The Balaban J connectivity index is 1.56. The van der Waals surface area contributed by atoms with E-state index in [4.69, 9.17) is 4.74 Å². The lowest BCUT2D eigenvalue weighted by Gasteiger charge is -2.32. The van der Waals surface area contributed by atoms with Crippen LogP contribution in [-0.4, -0.2) is 41.5 Å². The molecule has 1 saturated heterocycles. The van der Waals surface area contributed by atoms with Gasteiger partial charge in [-0.2, -0.15) is 0 Å². The summed E-state index contributed by atoms with van der Waals surface area (Å²) in [4.78, 5) is 27.7. The van der Waals surface area contributed by atoms with Crippen LogP contribution in [0.3, 0.4) is 0 Å². The third-order valence-electron chi connectivity index (χ3n) is 5.53. The number of carbonyl (C=O) groups is 2. The molecule has 0 aliphatic carbocycles. The summed E-state index contributed by atoms with van der Waals surface area (Å²) in [5.41, 5.74) is 2.14. The molecule has 5 nitrogen and oxygen atoms in total. The molecule has 2 aromatic carbocycles. The number of benzene rings is 2. The smallest absolute Gasteiger partial charge is 0.340 e. The van der Waals surface area contributed by atoms with Gasteiger partial charge in [0, 0.05) is 24.7 Å². The quantitative estimate of drug-likeness (QED) is 0.625. The highest BCUT2D eigenvalue weighted by Gasteiger charge is 2.29. The van der Waals surface area contributed by atoms with Crippen LogP contribution >= 0.6 is 0 Å². The Morgan fingerprint density at radius 3 is 2.66 bits per heavy atom. The van der Waals surface area contributed by atoms with Crippen molar-refractivity contribution < 1.29 is 18.7 Å². The van der Waals surface area contributed by atoms with Crippen LogP contribution < -0.4 is 0 Å². The maximum absolute atomic E-state index is 13.3. The number of para-hydroxylation sites is 1. The zero-order chi connectivity index (χ0) is 20.4. The number of rotatable bonds is 4. The first kappa shape index (κ1) is 19.3. The molecule has 0 unspecified atom stereocenters. The highest BCUT2D eigenvalue weighted by molar-refractivity contribution is 6.07. The zero-order valence-electron chi connectivity index (χ0n) is 16.3. The Hall–Kier alpha value is -2.99. The average Bonchev–Trinajstić information content (AvgIpc) is 3.14. The van der Waals surface area contributed by atoms with E-state index in [1.54, 1.807) is 22.9 Å². The van der Waals surface area contributed by atoms with Gasteiger partial charge < -0.3 is 4.74 Å². The molecule has 1 atom stereocenters. The number of ether oxygens (including phenoxy) is 1. The molecule has 150 valence electrons. The fourth-order valence-corrected chi connectivity index (χ4v) is 4.08. The third kappa shape index (κ3) is 3.93. The van der Waals surface area contributed by atoms with E-state index in [9.17, 15) is 14.0 Å². The number of nitrogens with zero attached hydrogens (tertiary/aromatic N) is 2. The summed E-state index contributed by atoms with van der Waals surface area (Å²) in [6.45, 7) is 2.22. The maximum Gasteiger partial charge on any atom is 0.340 e. The number of aromatic nitrogens is 1. The highest BCUT2D eigenvalue weighted by atomic mass is 19.1. The first-order chi connectivity index (χ1) is 14.1. The second-order valence-electron chi connectivity index (χ2n) is 7.46. The lowest BCUT2D eigenvalue weighted by Crippen LogP contribution is -2.39. The summed E-state index contributed by atoms with van der Waals surface area (Å²) < 4.78 is 19.6. The Morgan fingerprint density at radius 1 is 1.14 bits per heavy atom. The highest BCUT2D eigenvalue weighted by Crippen LogP contribution is 2.26. The van der Waals surface area contributed by atoms with Gasteiger partial charge in [-0.15, -0.1) is 0 Å². The Labute approximate surface area is 168 Å². The monoisotopic (exact) mass is 394 g/mol. The Bertz CT molecular complexity index is 1040. The van der Waals surface area contributed by atoms with Gasteiger partial charge in [0.2, 0.25) is 5.91 Å². The Kier molecular flexibility index (Phi) is 5.45. The maximum atomic E-state index is 13.3. The molecule has 29 heavy (non-hydrogen) atoms. The number of piperidine rings is 1. The number of methoxy groups -OCH3 is 1. The first-order valence-corrected chi connectivity index (χ1v) is 9.76. The van der Waals surface area contributed by atoms with Gasteiger partial charge in [0.15, 0.2) is 0 Å². The van der Waals surface area contributed by atoms with Crippen LogP contribution in [0, 0.1) is 11.7 Å². The van der Waals surface area contributed by atoms with Crippen LogP contribution in [0.1, 0.15) is 33.6 Å². The number of likely N-dealkylation sites (tertiary alicyclic amines) is 1. The molecule has 0 saturated carbocycles. The SMILES string of the molecule is COC(=O)c1cn(C(=O)[C@@H]2CCCN(Cc3ccc(F)cc3)C2)c2ccccc12. The van der Waals surface area contributed by atoms with Crippen molar-refractivity contribution in [3.63, 3.8) is 0 Å². The summed E-state index contributed by atoms with van der Waals surface area (Å²) in [5, 5.41) is 0.715. The number of hydrogen-bond acceptors (Lipinski definition) is 4. The molecule has 4 rings (SSSR count). The van der Waals surface area contributed by atoms with Crippen molar-refractivity contribution in [1.29, 1.82) is 0 Å². The van der Waals surface area contributed by atoms with E-state index in [1.165, 1.54) is 19.2 Å². The van der Waals surface area contributed by atoms with Crippen molar-refractivity contribution in [3.8, 4) is 0 Å².